The van der Waals surface area contributed by atoms with Crippen LogP contribution in [-0.4, -0.2) is 31.4 Å². The third-order valence-electron chi connectivity index (χ3n) is 2.40. The third kappa shape index (κ3) is 4.98. The standard InChI is InChI=1S/C13H20N2O2S/c1-9-4-5-11(14)6-12(9)18-8-13(16)15-10(2)7-17-3/h4-6,10H,7-8,14H2,1-3H3,(H,15,16). The quantitative estimate of drug-likeness (QED) is 0.610. The largest absolute Gasteiger partial charge is 0.399 e. The molecule has 1 unspecified atom stereocenters. The first-order chi connectivity index (χ1) is 8.52. The lowest BCUT2D eigenvalue weighted by atomic mass is 10.2. The monoisotopic (exact) mass is 268 g/mol. The highest BCUT2D eigenvalue weighted by atomic mass is 32.2. The average molecular weight is 268 g/mol. The minimum Gasteiger partial charge on any atom is -0.399 e. The van der Waals surface area contributed by atoms with Gasteiger partial charge in [-0.2, -0.15) is 0 Å². The molecule has 1 atom stereocenters. The number of thioether (sulfide) groups is 1. The lowest BCUT2D eigenvalue weighted by Gasteiger charge is -2.13. The van der Waals surface area contributed by atoms with Crippen molar-refractivity contribution in [1.29, 1.82) is 0 Å². The first-order valence-corrected chi connectivity index (χ1v) is 6.78. The van der Waals surface area contributed by atoms with E-state index in [2.05, 4.69) is 5.32 Å². The molecule has 0 aromatic heterocycles. The van der Waals surface area contributed by atoms with Gasteiger partial charge in [0.25, 0.3) is 0 Å². The molecule has 100 valence electrons. The summed E-state index contributed by atoms with van der Waals surface area (Å²) in [6, 6.07) is 5.75. The van der Waals surface area contributed by atoms with E-state index in [-0.39, 0.29) is 11.9 Å². The number of nitrogens with one attached hydrogen (secondary N) is 1. The van der Waals surface area contributed by atoms with Crippen LogP contribution in [0, 0.1) is 6.92 Å². The highest BCUT2D eigenvalue weighted by Gasteiger charge is 2.08. The van der Waals surface area contributed by atoms with Crippen molar-refractivity contribution in [3.63, 3.8) is 0 Å². The predicted molar refractivity (Wildman–Crippen MR) is 75.8 cm³/mol. The molecule has 4 nitrogen and oxygen atoms in total. The smallest absolute Gasteiger partial charge is 0.230 e. The lowest BCUT2D eigenvalue weighted by Crippen LogP contribution is -2.36. The number of rotatable bonds is 6. The van der Waals surface area contributed by atoms with Crippen molar-refractivity contribution in [2.45, 2.75) is 24.8 Å². The first kappa shape index (κ1) is 14.9. The molecule has 0 saturated heterocycles. The van der Waals surface area contributed by atoms with Gasteiger partial charge in [-0.1, -0.05) is 6.07 Å². The molecule has 18 heavy (non-hydrogen) atoms. The molecule has 1 aromatic rings. The van der Waals surface area contributed by atoms with Gasteiger partial charge in [-0.3, -0.25) is 4.79 Å². The van der Waals surface area contributed by atoms with Gasteiger partial charge in [-0.25, -0.2) is 0 Å². The van der Waals surface area contributed by atoms with Gasteiger partial charge in [0.15, 0.2) is 0 Å². The molecular formula is C13H20N2O2S. The summed E-state index contributed by atoms with van der Waals surface area (Å²) in [5.74, 6) is 0.393. The fourth-order valence-electron chi connectivity index (χ4n) is 1.52. The summed E-state index contributed by atoms with van der Waals surface area (Å²) in [5.41, 5.74) is 7.57. The Hall–Kier alpha value is -1.20. The van der Waals surface area contributed by atoms with Crippen LogP contribution in [0.3, 0.4) is 0 Å². The van der Waals surface area contributed by atoms with Crippen LogP contribution in [0.2, 0.25) is 0 Å². The van der Waals surface area contributed by atoms with Gasteiger partial charge >= 0.3 is 0 Å². The number of ether oxygens (including phenoxy) is 1. The zero-order valence-corrected chi connectivity index (χ0v) is 11.8. The second-order valence-corrected chi connectivity index (χ2v) is 5.25. The number of carbonyl (C=O) groups excluding carboxylic acids is 1. The number of nitrogens with two attached hydrogens (primary N) is 1. The summed E-state index contributed by atoms with van der Waals surface area (Å²) in [6.07, 6.45) is 0. The molecule has 0 aliphatic carbocycles. The van der Waals surface area contributed by atoms with Gasteiger partial charge < -0.3 is 15.8 Å². The molecule has 0 fully saturated rings. The molecule has 0 heterocycles. The van der Waals surface area contributed by atoms with Crippen LogP contribution in [0.25, 0.3) is 0 Å². The van der Waals surface area contributed by atoms with Crippen molar-refractivity contribution in [3.05, 3.63) is 23.8 Å². The minimum absolute atomic E-state index is 0.00590. The number of aryl methyl sites for hydroxylation is 1. The summed E-state index contributed by atoms with van der Waals surface area (Å²) < 4.78 is 4.96. The molecule has 3 N–H and O–H groups in total. The fourth-order valence-corrected chi connectivity index (χ4v) is 2.41. The summed E-state index contributed by atoms with van der Waals surface area (Å²) in [4.78, 5) is 12.7. The van der Waals surface area contributed by atoms with Crippen LogP contribution in [0.15, 0.2) is 23.1 Å². The Labute approximate surface area is 112 Å². The number of nitrogen functional groups attached to an aromatic ring is 1. The van der Waals surface area contributed by atoms with E-state index in [1.807, 2.05) is 32.0 Å². The molecule has 0 aliphatic heterocycles. The van der Waals surface area contributed by atoms with Crippen LogP contribution in [-0.2, 0) is 9.53 Å². The van der Waals surface area contributed by atoms with E-state index in [4.69, 9.17) is 10.5 Å². The van der Waals surface area contributed by atoms with Gasteiger partial charge in [-0.15, -0.1) is 11.8 Å². The van der Waals surface area contributed by atoms with Gasteiger partial charge in [0, 0.05) is 23.7 Å². The molecule has 0 saturated carbocycles. The van der Waals surface area contributed by atoms with E-state index >= 15 is 0 Å². The summed E-state index contributed by atoms with van der Waals surface area (Å²) >= 11 is 1.50. The Bertz CT molecular complexity index is 410. The maximum Gasteiger partial charge on any atom is 0.230 e. The van der Waals surface area contributed by atoms with Crippen molar-refractivity contribution >= 4 is 23.4 Å². The molecule has 0 bridgehead atoms. The van der Waals surface area contributed by atoms with Crippen LogP contribution in [0.4, 0.5) is 5.69 Å². The van der Waals surface area contributed by atoms with E-state index < -0.39 is 0 Å². The van der Waals surface area contributed by atoms with Gasteiger partial charge in [0.05, 0.1) is 12.4 Å². The molecule has 0 radical (unpaired) electrons. The Morgan fingerprint density at radius 1 is 1.56 bits per heavy atom. The van der Waals surface area contributed by atoms with Crippen molar-refractivity contribution in [2.75, 3.05) is 25.2 Å². The van der Waals surface area contributed by atoms with Crippen molar-refractivity contribution < 1.29 is 9.53 Å². The van der Waals surface area contributed by atoms with Gasteiger partial charge in [0.1, 0.15) is 0 Å². The average Bonchev–Trinajstić information content (AvgIpc) is 2.30. The topological polar surface area (TPSA) is 64.3 Å². The Morgan fingerprint density at radius 2 is 2.28 bits per heavy atom. The molecular weight excluding hydrogens is 248 g/mol. The molecule has 0 aliphatic rings. The van der Waals surface area contributed by atoms with E-state index in [0.717, 1.165) is 16.1 Å². The first-order valence-electron chi connectivity index (χ1n) is 5.80. The molecule has 5 heteroatoms. The Kier molecular flexibility index (Phi) is 6.01. The zero-order valence-electron chi connectivity index (χ0n) is 11.0. The zero-order chi connectivity index (χ0) is 13.5. The van der Waals surface area contributed by atoms with E-state index in [0.29, 0.717) is 12.4 Å². The summed E-state index contributed by atoms with van der Waals surface area (Å²) in [7, 11) is 1.62. The third-order valence-corrected chi connectivity index (χ3v) is 3.55. The molecule has 0 spiro atoms. The molecule has 1 amide bonds. The van der Waals surface area contributed by atoms with Crippen molar-refractivity contribution in [2.24, 2.45) is 0 Å². The second-order valence-electron chi connectivity index (χ2n) is 4.24. The maximum atomic E-state index is 11.7. The number of carbonyl (C=O) groups is 1. The minimum atomic E-state index is 0.00590. The number of amides is 1. The molecule has 1 aromatic carbocycles. The maximum absolute atomic E-state index is 11.7. The van der Waals surface area contributed by atoms with Crippen LogP contribution in [0.1, 0.15) is 12.5 Å². The number of anilines is 1. The van der Waals surface area contributed by atoms with E-state index in [1.54, 1.807) is 7.11 Å². The van der Waals surface area contributed by atoms with E-state index in [9.17, 15) is 4.79 Å². The van der Waals surface area contributed by atoms with Crippen LogP contribution < -0.4 is 11.1 Å². The van der Waals surface area contributed by atoms with Crippen LogP contribution >= 0.6 is 11.8 Å². The highest BCUT2D eigenvalue weighted by molar-refractivity contribution is 8.00. The second kappa shape index (κ2) is 7.28. The lowest BCUT2D eigenvalue weighted by molar-refractivity contribution is -0.119. The number of hydrogen-bond donors (Lipinski definition) is 2. The predicted octanol–water partition coefficient (Wildman–Crippen LogP) is 1.82. The highest BCUT2D eigenvalue weighted by Crippen LogP contribution is 2.24. The van der Waals surface area contributed by atoms with Gasteiger partial charge in [0.2, 0.25) is 5.91 Å². The number of benzene rings is 1. The van der Waals surface area contributed by atoms with Crippen molar-refractivity contribution in [1.82, 2.24) is 5.32 Å². The van der Waals surface area contributed by atoms with Gasteiger partial charge in [-0.05, 0) is 31.5 Å². The van der Waals surface area contributed by atoms with Crippen molar-refractivity contribution in [3.8, 4) is 0 Å². The summed E-state index contributed by atoms with van der Waals surface area (Å²) in [6.45, 7) is 4.44. The Morgan fingerprint density at radius 3 is 2.94 bits per heavy atom. The normalized spacial score (nSPS) is 12.2. The number of hydrogen-bond acceptors (Lipinski definition) is 4. The summed E-state index contributed by atoms with van der Waals surface area (Å²) in [5, 5.41) is 2.87. The Balaban J connectivity index is 2.45. The van der Waals surface area contributed by atoms with Crippen LogP contribution in [0.5, 0.6) is 0 Å². The SMILES string of the molecule is COCC(C)NC(=O)CSc1cc(N)ccc1C. The van der Waals surface area contributed by atoms with E-state index in [1.165, 1.54) is 11.8 Å². The molecule has 1 rings (SSSR count). The number of methoxy groups -OCH3 is 1. The fraction of sp³-hybridized carbons (Fsp3) is 0.462.